The number of hydrogen-bond donors (Lipinski definition) is 2. The highest BCUT2D eigenvalue weighted by atomic mass is 16.1. The van der Waals surface area contributed by atoms with E-state index in [9.17, 15) is 4.79 Å². The summed E-state index contributed by atoms with van der Waals surface area (Å²) in [6.45, 7) is 6.98. The second kappa shape index (κ2) is 6.78. The average Bonchev–Trinajstić information content (AvgIpc) is 2.88. The average molecular weight is 290 g/mol. The standard InChI is InChI=1S/C16H26N4O/c1-11-5-6-14(7-12(11)2)13(3)19-15-8-18-20(9-15)10-16(21)17-4/h8-9,13-14,19H,5-7,10H2,1-4H3,(H,17,21)/t13-,14-/m0/s1. The molecule has 0 fully saturated rings. The molecule has 0 saturated carbocycles. The summed E-state index contributed by atoms with van der Waals surface area (Å²) in [6.07, 6.45) is 7.30. The first kappa shape index (κ1) is 15.6. The zero-order valence-electron chi connectivity index (χ0n) is 13.4. The van der Waals surface area contributed by atoms with Crippen LogP contribution in [-0.4, -0.2) is 28.8 Å². The second-order valence-corrected chi connectivity index (χ2v) is 6.10. The summed E-state index contributed by atoms with van der Waals surface area (Å²) in [5.41, 5.74) is 4.07. The van der Waals surface area contributed by atoms with E-state index < -0.39 is 0 Å². The monoisotopic (exact) mass is 290 g/mol. The first-order valence-corrected chi connectivity index (χ1v) is 7.64. The van der Waals surface area contributed by atoms with Gasteiger partial charge in [0.05, 0.1) is 11.9 Å². The molecule has 0 radical (unpaired) electrons. The van der Waals surface area contributed by atoms with Gasteiger partial charge in [-0.3, -0.25) is 9.48 Å². The zero-order chi connectivity index (χ0) is 15.4. The van der Waals surface area contributed by atoms with Crippen molar-refractivity contribution < 1.29 is 4.79 Å². The van der Waals surface area contributed by atoms with E-state index >= 15 is 0 Å². The Labute approximate surface area is 126 Å². The van der Waals surface area contributed by atoms with Crippen LogP contribution in [0, 0.1) is 5.92 Å². The van der Waals surface area contributed by atoms with Crippen molar-refractivity contribution in [3.8, 4) is 0 Å². The summed E-state index contributed by atoms with van der Waals surface area (Å²) < 4.78 is 1.66. The lowest BCUT2D eigenvalue weighted by Gasteiger charge is -2.30. The summed E-state index contributed by atoms with van der Waals surface area (Å²) in [5, 5.41) is 10.3. The number of nitrogens with zero attached hydrogens (tertiary/aromatic N) is 2. The number of carbonyl (C=O) groups excluding carboxylic acids is 1. The van der Waals surface area contributed by atoms with Crippen LogP contribution in [0.3, 0.4) is 0 Å². The Morgan fingerprint density at radius 3 is 2.90 bits per heavy atom. The van der Waals surface area contributed by atoms with Gasteiger partial charge in [0, 0.05) is 19.3 Å². The topological polar surface area (TPSA) is 59.0 Å². The molecule has 0 bridgehead atoms. The Morgan fingerprint density at radius 2 is 2.24 bits per heavy atom. The molecule has 1 aromatic heterocycles. The van der Waals surface area contributed by atoms with E-state index in [4.69, 9.17) is 0 Å². The van der Waals surface area contributed by atoms with E-state index in [2.05, 4.69) is 36.5 Å². The minimum absolute atomic E-state index is 0.0405. The molecule has 5 nitrogen and oxygen atoms in total. The molecular formula is C16H26N4O. The Bertz CT molecular complexity index is 532. The van der Waals surface area contributed by atoms with Crippen molar-refractivity contribution in [3.05, 3.63) is 23.5 Å². The van der Waals surface area contributed by atoms with Crippen LogP contribution in [0.25, 0.3) is 0 Å². The Hall–Kier alpha value is -1.78. The number of amides is 1. The lowest BCUT2D eigenvalue weighted by molar-refractivity contribution is -0.121. The Balaban J connectivity index is 1.91. The predicted molar refractivity (Wildman–Crippen MR) is 85.1 cm³/mol. The zero-order valence-corrected chi connectivity index (χ0v) is 13.4. The molecule has 1 heterocycles. The fourth-order valence-corrected chi connectivity index (χ4v) is 2.84. The van der Waals surface area contributed by atoms with Crippen molar-refractivity contribution >= 4 is 11.6 Å². The molecule has 1 aliphatic carbocycles. The van der Waals surface area contributed by atoms with Gasteiger partial charge in [-0.1, -0.05) is 11.1 Å². The number of nitrogens with one attached hydrogen (secondary N) is 2. The van der Waals surface area contributed by atoms with Gasteiger partial charge < -0.3 is 10.6 Å². The van der Waals surface area contributed by atoms with Gasteiger partial charge in [-0.2, -0.15) is 5.10 Å². The van der Waals surface area contributed by atoms with Crippen molar-refractivity contribution in [2.24, 2.45) is 5.92 Å². The molecule has 5 heteroatoms. The maximum Gasteiger partial charge on any atom is 0.241 e. The van der Waals surface area contributed by atoms with E-state index in [-0.39, 0.29) is 12.5 Å². The Kier molecular flexibility index (Phi) is 5.04. The van der Waals surface area contributed by atoms with Crippen LogP contribution in [0.2, 0.25) is 0 Å². The first-order chi connectivity index (χ1) is 9.99. The van der Waals surface area contributed by atoms with Gasteiger partial charge in [-0.05, 0) is 46.0 Å². The Morgan fingerprint density at radius 1 is 1.48 bits per heavy atom. The maximum absolute atomic E-state index is 11.3. The molecule has 1 aliphatic rings. The molecule has 0 saturated heterocycles. The fourth-order valence-electron chi connectivity index (χ4n) is 2.84. The molecule has 116 valence electrons. The molecule has 2 rings (SSSR count). The molecule has 0 aliphatic heterocycles. The van der Waals surface area contributed by atoms with Crippen LogP contribution in [0.1, 0.15) is 40.0 Å². The molecule has 1 aromatic rings. The molecule has 2 atom stereocenters. The number of hydrogen-bond acceptors (Lipinski definition) is 3. The third-order valence-electron chi connectivity index (χ3n) is 4.51. The van der Waals surface area contributed by atoms with E-state index in [1.807, 2.05) is 6.20 Å². The lowest BCUT2D eigenvalue weighted by atomic mass is 9.81. The van der Waals surface area contributed by atoms with Crippen molar-refractivity contribution in [2.75, 3.05) is 12.4 Å². The van der Waals surface area contributed by atoms with Crippen LogP contribution in [0.5, 0.6) is 0 Å². The van der Waals surface area contributed by atoms with Crippen LogP contribution in [0.4, 0.5) is 5.69 Å². The number of anilines is 1. The third-order valence-corrected chi connectivity index (χ3v) is 4.51. The number of likely N-dealkylation sites (N-methyl/N-ethyl adjacent to an activating group) is 1. The highest BCUT2D eigenvalue weighted by Gasteiger charge is 2.22. The normalized spacial score (nSPS) is 20.3. The molecule has 1 amide bonds. The smallest absolute Gasteiger partial charge is 0.241 e. The number of aromatic nitrogens is 2. The van der Waals surface area contributed by atoms with Crippen LogP contribution >= 0.6 is 0 Å². The van der Waals surface area contributed by atoms with E-state index in [1.165, 1.54) is 24.8 Å². The van der Waals surface area contributed by atoms with Gasteiger partial charge >= 0.3 is 0 Å². The highest BCUT2D eigenvalue weighted by molar-refractivity contribution is 5.75. The summed E-state index contributed by atoms with van der Waals surface area (Å²) >= 11 is 0. The van der Waals surface area contributed by atoms with Gasteiger partial charge in [0.2, 0.25) is 5.91 Å². The van der Waals surface area contributed by atoms with E-state index in [0.29, 0.717) is 12.0 Å². The summed E-state index contributed by atoms with van der Waals surface area (Å²) in [7, 11) is 1.63. The quantitative estimate of drug-likeness (QED) is 0.819. The summed E-state index contributed by atoms with van der Waals surface area (Å²) in [6, 6.07) is 0.408. The first-order valence-electron chi connectivity index (χ1n) is 7.64. The lowest BCUT2D eigenvalue weighted by Crippen LogP contribution is -2.28. The maximum atomic E-state index is 11.3. The molecule has 2 N–H and O–H groups in total. The van der Waals surface area contributed by atoms with Crippen molar-refractivity contribution in [2.45, 2.75) is 52.6 Å². The van der Waals surface area contributed by atoms with E-state index in [1.54, 1.807) is 23.5 Å². The van der Waals surface area contributed by atoms with Crippen LogP contribution in [0.15, 0.2) is 23.5 Å². The van der Waals surface area contributed by atoms with Crippen molar-refractivity contribution in [1.82, 2.24) is 15.1 Å². The predicted octanol–water partition coefficient (Wildman–Crippen LogP) is 2.57. The van der Waals surface area contributed by atoms with Crippen LogP contribution < -0.4 is 10.6 Å². The molecular weight excluding hydrogens is 264 g/mol. The SMILES string of the molecule is CNC(=O)Cn1cc(N[C@@H](C)[C@H]2CCC(C)=C(C)C2)cn1. The van der Waals surface area contributed by atoms with Gasteiger partial charge in [0.25, 0.3) is 0 Å². The van der Waals surface area contributed by atoms with Crippen molar-refractivity contribution in [3.63, 3.8) is 0 Å². The second-order valence-electron chi connectivity index (χ2n) is 6.10. The van der Waals surface area contributed by atoms with Gasteiger partial charge in [-0.15, -0.1) is 0 Å². The largest absolute Gasteiger partial charge is 0.380 e. The molecule has 0 spiro atoms. The van der Waals surface area contributed by atoms with Gasteiger partial charge in [0.15, 0.2) is 0 Å². The highest BCUT2D eigenvalue weighted by Crippen LogP contribution is 2.31. The summed E-state index contributed by atoms with van der Waals surface area (Å²) in [5.74, 6) is 0.622. The molecule has 0 aromatic carbocycles. The van der Waals surface area contributed by atoms with E-state index in [0.717, 1.165) is 5.69 Å². The minimum atomic E-state index is -0.0405. The van der Waals surface area contributed by atoms with Gasteiger partial charge in [0.1, 0.15) is 6.54 Å². The fraction of sp³-hybridized carbons (Fsp3) is 0.625. The molecule has 21 heavy (non-hydrogen) atoms. The number of carbonyl (C=O) groups is 1. The van der Waals surface area contributed by atoms with Crippen LogP contribution in [-0.2, 0) is 11.3 Å². The van der Waals surface area contributed by atoms with Gasteiger partial charge in [-0.25, -0.2) is 0 Å². The van der Waals surface area contributed by atoms with Crippen molar-refractivity contribution in [1.29, 1.82) is 0 Å². The number of rotatable bonds is 5. The minimum Gasteiger partial charge on any atom is -0.380 e. The molecule has 0 unspecified atom stereocenters. The summed E-state index contributed by atoms with van der Waals surface area (Å²) in [4.78, 5) is 11.3. The number of allylic oxidation sites excluding steroid dienone is 2. The third kappa shape index (κ3) is 4.09.